The predicted octanol–water partition coefficient (Wildman–Crippen LogP) is 2.06. The van der Waals surface area contributed by atoms with E-state index in [1.54, 1.807) is 24.3 Å². The molecule has 0 spiro atoms. The lowest BCUT2D eigenvalue weighted by Gasteiger charge is -2.12. The molecule has 0 unspecified atom stereocenters. The molecule has 2 heterocycles. The molecule has 0 aliphatic carbocycles. The van der Waals surface area contributed by atoms with Crippen molar-refractivity contribution in [1.29, 1.82) is 0 Å². The van der Waals surface area contributed by atoms with E-state index in [2.05, 4.69) is 25.9 Å². The maximum atomic E-state index is 14.3. The summed E-state index contributed by atoms with van der Waals surface area (Å²) in [6, 6.07) is 10.3. The molecule has 0 fully saturated rings. The first-order chi connectivity index (χ1) is 15.5. The number of fused-ring (bicyclic) bond motifs is 1. The number of rotatable bonds is 7. The Balaban J connectivity index is 1.63. The number of amides is 2. The van der Waals surface area contributed by atoms with E-state index in [1.807, 2.05) is 0 Å². The van der Waals surface area contributed by atoms with Crippen molar-refractivity contribution in [2.45, 2.75) is 13.0 Å². The van der Waals surface area contributed by atoms with Crippen molar-refractivity contribution in [1.82, 2.24) is 20.6 Å². The summed E-state index contributed by atoms with van der Waals surface area (Å²) >= 11 is 0. The summed E-state index contributed by atoms with van der Waals surface area (Å²) in [6.45, 7) is 0.171. The molecule has 4 rings (SSSR count). The van der Waals surface area contributed by atoms with Crippen LogP contribution >= 0.6 is 0 Å². The Kier molecular flexibility index (Phi) is 6.04. The zero-order valence-corrected chi connectivity index (χ0v) is 16.8. The number of aliphatic hydroxyl groups excluding tert-OH is 1. The van der Waals surface area contributed by atoms with E-state index in [0.717, 1.165) is 17.7 Å². The van der Waals surface area contributed by atoms with Crippen LogP contribution in [0.25, 0.3) is 11.4 Å². The van der Waals surface area contributed by atoms with Crippen molar-refractivity contribution in [3.8, 4) is 11.4 Å². The Morgan fingerprint density at radius 3 is 2.47 bits per heavy atom. The van der Waals surface area contributed by atoms with Gasteiger partial charge in [-0.05, 0) is 29.8 Å². The second-order valence-electron chi connectivity index (χ2n) is 7.07. The number of nitrogens with zero attached hydrogens (tertiary/aromatic N) is 2. The Morgan fingerprint density at radius 1 is 1.06 bits per heavy atom. The highest BCUT2D eigenvalue weighted by Crippen LogP contribution is 2.30. The summed E-state index contributed by atoms with van der Waals surface area (Å²) in [7, 11) is 0. The molecule has 0 saturated heterocycles. The van der Waals surface area contributed by atoms with Gasteiger partial charge < -0.3 is 21.1 Å². The number of nitrogens with one attached hydrogen (secondary N) is 3. The molecule has 164 valence electrons. The van der Waals surface area contributed by atoms with E-state index in [4.69, 9.17) is 5.11 Å². The minimum absolute atomic E-state index is 0.121. The van der Waals surface area contributed by atoms with Gasteiger partial charge in [0.2, 0.25) is 5.91 Å². The second-order valence-corrected chi connectivity index (χ2v) is 7.07. The van der Waals surface area contributed by atoms with Crippen molar-refractivity contribution in [2.24, 2.45) is 0 Å². The van der Waals surface area contributed by atoms with Gasteiger partial charge in [-0.1, -0.05) is 18.2 Å². The molecule has 3 aromatic rings. The van der Waals surface area contributed by atoms with Crippen LogP contribution in [0.2, 0.25) is 0 Å². The van der Waals surface area contributed by atoms with E-state index < -0.39 is 11.6 Å². The first-order valence-electron chi connectivity index (χ1n) is 9.83. The summed E-state index contributed by atoms with van der Waals surface area (Å²) in [5.41, 5.74) is 1.47. The fourth-order valence-corrected chi connectivity index (χ4v) is 3.33. The molecule has 4 N–H and O–H groups in total. The third-order valence-corrected chi connectivity index (χ3v) is 4.83. The van der Waals surface area contributed by atoms with Crippen LogP contribution in [0.15, 0.2) is 42.5 Å². The average Bonchev–Trinajstić information content (AvgIpc) is 3.14. The van der Waals surface area contributed by atoms with E-state index in [-0.39, 0.29) is 60.7 Å². The third kappa shape index (κ3) is 4.40. The third-order valence-electron chi connectivity index (χ3n) is 4.83. The largest absolute Gasteiger partial charge is 0.395 e. The zero-order valence-electron chi connectivity index (χ0n) is 16.8. The molecule has 0 atom stereocenters. The van der Waals surface area contributed by atoms with Crippen LogP contribution in [-0.2, 0) is 17.8 Å². The van der Waals surface area contributed by atoms with Crippen molar-refractivity contribution in [2.75, 3.05) is 18.5 Å². The summed E-state index contributed by atoms with van der Waals surface area (Å²) < 4.78 is 28.6. The van der Waals surface area contributed by atoms with Crippen LogP contribution < -0.4 is 16.0 Å². The van der Waals surface area contributed by atoms with Gasteiger partial charge in [0.15, 0.2) is 5.82 Å². The van der Waals surface area contributed by atoms with Gasteiger partial charge in [0.1, 0.15) is 23.0 Å². The predicted molar refractivity (Wildman–Crippen MR) is 112 cm³/mol. The Bertz CT molecular complexity index is 1160. The van der Waals surface area contributed by atoms with E-state index >= 15 is 0 Å². The van der Waals surface area contributed by atoms with Gasteiger partial charge in [-0.3, -0.25) is 9.59 Å². The first-order valence-corrected chi connectivity index (χ1v) is 9.83. The fraction of sp³-hybridized carbons (Fsp3) is 0.182. The number of aliphatic hydroxyl groups is 1. The molecule has 0 saturated carbocycles. The lowest BCUT2D eigenvalue weighted by atomic mass is 10.1. The van der Waals surface area contributed by atoms with E-state index in [9.17, 15) is 18.4 Å². The Labute approximate surface area is 181 Å². The monoisotopic (exact) mass is 439 g/mol. The molecule has 1 aromatic heterocycles. The summed E-state index contributed by atoms with van der Waals surface area (Å²) in [5.74, 6) is -2.28. The van der Waals surface area contributed by atoms with Crippen LogP contribution in [0.5, 0.6) is 0 Å². The number of carbonyl (C=O) groups excluding carboxylic acids is 2. The number of anilines is 2. The number of carbonyl (C=O) groups is 2. The second kappa shape index (κ2) is 9.06. The van der Waals surface area contributed by atoms with Crippen LogP contribution in [-0.4, -0.2) is 40.0 Å². The molecule has 2 amide bonds. The van der Waals surface area contributed by atoms with Gasteiger partial charge in [-0.25, -0.2) is 18.7 Å². The van der Waals surface area contributed by atoms with Crippen LogP contribution in [0.4, 0.5) is 20.3 Å². The lowest BCUT2D eigenvalue weighted by Crippen LogP contribution is -2.27. The normalized spacial score (nSPS) is 12.3. The molecule has 10 heteroatoms. The Morgan fingerprint density at radius 2 is 1.78 bits per heavy atom. The van der Waals surface area contributed by atoms with E-state index in [0.29, 0.717) is 11.4 Å². The van der Waals surface area contributed by atoms with E-state index in [1.165, 1.54) is 6.07 Å². The number of hydrogen-bond donors (Lipinski definition) is 4. The van der Waals surface area contributed by atoms with Gasteiger partial charge in [0.05, 0.1) is 30.8 Å². The minimum Gasteiger partial charge on any atom is -0.395 e. The maximum Gasteiger partial charge on any atom is 0.257 e. The smallest absolute Gasteiger partial charge is 0.257 e. The molecular weight excluding hydrogens is 420 g/mol. The number of benzene rings is 2. The Hall–Kier alpha value is -3.92. The number of aromatic nitrogens is 2. The first kappa shape index (κ1) is 21.3. The zero-order chi connectivity index (χ0) is 22.7. The van der Waals surface area contributed by atoms with Crippen LogP contribution in [0.1, 0.15) is 21.6 Å². The highest BCUT2D eigenvalue weighted by Gasteiger charge is 2.28. The van der Waals surface area contributed by atoms with Crippen molar-refractivity contribution in [3.63, 3.8) is 0 Å². The summed E-state index contributed by atoms with van der Waals surface area (Å²) in [4.78, 5) is 32.5. The van der Waals surface area contributed by atoms with Gasteiger partial charge in [-0.2, -0.15) is 0 Å². The van der Waals surface area contributed by atoms with Gasteiger partial charge in [0, 0.05) is 12.2 Å². The lowest BCUT2D eigenvalue weighted by molar-refractivity contribution is -0.120. The standard InChI is InChI=1S/C22H19F2N5O3/c23-14-2-1-3-15(24)18(14)20-28-16-11-26-22(32)19(16)21(29-20)27-13-6-4-12(5-7-13)10-17(31)25-8-9-30/h1-7,30H,8-11H2,(H,25,31)(H,26,32)(H,27,28,29). The van der Waals surface area contributed by atoms with Crippen molar-refractivity contribution < 1.29 is 23.5 Å². The number of hydrogen-bond acceptors (Lipinski definition) is 6. The molecule has 32 heavy (non-hydrogen) atoms. The summed E-state index contributed by atoms with van der Waals surface area (Å²) in [6.07, 6.45) is 0.141. The van der Waals surface area contributed by atoms with Crippen LogP contribution in [0.3, 0.4) is 0 Å². The van der Waals surface area contributed by atoms with Crippen molar-refractivity contribution >= 4 is 23.3 Å². The summed E-state index contributed by atoms with van der Waals surface area (Å²) in [5, 5.41) is 17.0. The van der Waals surface area contributed by atoms with Crippen LogP contribution in [0, 0.1) is 11.6 Å². The topological polar surface area (TPSA) is 116 Å². The highest BCUT2D eigenvalue weighted by molar-refractivity contribution is 6.03. The number of halogens is 2. The highest BCUT2D eigenvalue weighted by atomic mass is 19.1. The quantitative estimate of drug-likeness (QED) is 0.448. The molecule has 0 bridgehead atoms. The molecule has 1 aliphatic heterocycles. The molecule has 0 radical (unpaired) electrons. The van der Waals surface area contributed by atoms with Gasteiger partial charge in [0.25, 0.3) is 5.91 Å². The average molecular weight is 439 g/mol. The molecule has 8 nitrogen and oxygen atoms in total. The van der Waals surface area contributed by atoms with Gasteiger partial charge in [-0.15, -0.1) is 0 Å². The molecule has 1 aliphatic rings. The van der Waals surface area contributed by atoms with Crippen molar-refractivity contribution in [3.05, 3.63) is 70.9 Å². The van der Waals surface area contributed by atoms with Gasteiger partial charge >= 0.3 is 0 Å². The SMILES string of the molecule is O=C(Cc1ccc(Nc2nc(-c3c(F)cccc3F)nc3c2C(=O)NC3)cc1)NCCO. The fourth-order valence-electron chi connectivity index (χ4n) is 3.33. The minimum atomic E-state index is -0.808. The maximum absolute atomic E-state index is 14.3. The molecular formula is C22H19F2N5O3. The molecule has 2 aromatic carbocycles.